The van der Waals surface area contributed by atoms with Crippen LogP contribution in [0.25, 0.3) is 0 Å². The Labute approximate surface area is 131 Å². The Morgan fingerprint density at radius 2 is 2.10 bits per heavy atom. The van der Waals surface area contributed by atoms with E-state index in [1.165, 1.54) is 0 Å². The molecule has 0 bridgehead atoms. The monoisotopic (exact) mass is 346 g/mol. The Bertz CT molecular complexity index is 656. The van der Waals surface area contributed by atoms with Gasteiger partial charge in [-0.05, 0) is 41.8 Å². The van der Waals surface area contributed by atoms with Crippen LogP contribution in [-0.2, 0) is 13.0 Å². The molecule has 1 aliphatic rings. The topological polar surface area (TPSA) is 42.4 Å². The highest BCUT2D eigenvalue weighted by Crippen LogP contribution is 2.32. The second kappa shape index (κ2) is 5.85. The zero-order valence-electron chi connectivity index (χ0n) is 11.7. The molecule has 1 aromatic heterocycles. The molecule has 4 nitrogen and oxygen atoms in total. The number of fused-ring (bicyclic) bond motifs is 1. The van der Waals surface area contributed by atoms with Crippen molar-refractivity contribution in [3.8, 4) is 5.75 Å². The van der Waals surface area contributed by atoms with Gasteiger partial charge in [0.15, 0.2) is 0 Å². The van der Waals surface area contributed by atoms with Gasteiger partial charge in [-0.3, -0.25) is 9.78 Å². The number of pyridine rings is 1. The van der Waals surface area contributed by atoms with Gasteiger partial charge in [0.25, 0.3) is 5.91 Å². The highest BCUT2D eigenvalue weighted by atomic mass is 79.9. The van der Waals surface area contributed by atoms with Gasteiger partial charge in [0.2, 0.25) is 0 Å². The number of methoxy groups -OCH3 is 1. The molecule has 21 heavy (non-hydrogen) atoms. The summed E-state index contributed by atoms with van der Waals surface area (Å²) in [4.78, 5) is 18.6. The van der Waals surface area contributed by atoms with Crippen LogP contribution in [0, 0.1) is 0 Å². The summed E-state index contributed by atoms with van der Waals surface area (Å²) >= 11 is 3.46. The molecule has 0 atom stereocenters. The molecule has 2 heterocycles. The number of carbonyl (C=O) groups excluding carboxylic acids is 1. The van der Waals surface area contributed by atoms with Crippen LogP contribution < -0.4 is 4.74 Å². The summed E-state index contributed by atoms with van der Waals surface area (Å²) < 4.78 is 6.31. The second-order valence-corrected chi connectivity index (χ2v) is 5.89. The number of benzene rings is 1. The van der Waals surface area contributed by atoms with E-state index < -0.39 is 0 Å². The van der Waals surface area contributed by atoms with Crippen LogP contribution in [0.15, 0.2) is 41.1 Å². The Balaban J connectivity index is 1.92. The Morgan fingerprint density at radius 3 is 2.81 bits per heavy atom. The number of aromatic nitrogens is 1. The quantitative estimate of drug-likeness (QED) is 0.857. The normalized spacial score (nSPS) is 14.0. The molecule has 2 aromatic rings. The highest BCUT2D eigenvalue weighted by Gasteiger charge is 2.28. The van der Waals surface area contributed by atoms with Gasteiger partial charge in [0, 0.05) is 30.0 Å². The van der Waals surface area contributed by atoms with E-state index in [-0.39, 0.29) is 5.91 Å². The van der Waals surface area contributed by atoms with E-state index in [0.717, 1.165) is 22.0 Å². The fourth-order valence-corrected chi connectivity index (χ4v) is 3.10. The van der Waals surface area contributed by atoms with E-state index in [1.807, 2.05) is 29.2 Å². The second-order valence-electron chi connectivity index (χ2n) is 4.97. The number of carbonyl (C=O) groups is 1. The lowest BCUT2D eigenvalue weighted by atomic mass is 9.97. The average Bonchev–Trinajstić information content (AvgIpc) is 2.50. The Kier molecular flexibility index (Phi) is 3.92. The highest BCUT2D eigenvalue weighted by molar-refractivity contribution is 9.10. The van der Waals surface area contributed by atoms with Crippen molar-refractivity contribution in [3.63, 3.8) is 0 Å². The zero-order valence-corrected chi connectivity index (χ0v) is 13.3. The van der Waals surface area contributed by atoms with Crippen LogP contribution in [0.2, 0.25) is 0 Å². The average molecular weight is 347 g/mol. The minimum atomic E-state index is 0.0254. The van der Waals surface area contributed by atoms with Crippen molar-refractivity contribution in [2.75, 3.05) is 13.7 Å². The molecule has 0 saturated carbocycles. The number of hydrogen-bond acceptors (Lipinski definition) is 3. The summed E-state index contributed by atoms with van der Waals surface area (Å²) in [7, 11) is 1.59. The summed E-state index contributed by atoms with van der Waals surface area (Å²) in [6, 6.07) is 7.70. The maximum absolute atomic E-state index is 12.7. The molecule has 0 spiro atoms. The van der Waals surface area contributed by atoms with Gasteiger partial charge < -0.3 is 9.64 Å². The van der Waals surface area contributed by atoms with Crippen LogP contribution in [0.4, 0.5) is 0 Å². The number of halogens is 1. The molecular formula is C16H15BrN2O2. The van der Waals surface area contributed by atoms with Crippen LogP contribution in [0.1, 0.15) is 21.5 Å². The van der Waals surface area contributed by atoms with Crippen LogP contribution in [0.5, 0.6) is 5.75 Å². The predicted molar refractivity (Wildman–Crippen MR) is 83.4 cm³/mol. The van der Waals surface area contributed by atoms with E-state index in [2.05, 4.69) is 20.9 Å². The van der Waals surface area contributed by atoms with E-state index in [0.29, 0.717) is 24.4 Å². The van der Waals surface area contributed by atoms with Crippen molar-refractivity contribution in [3.05, 3.63) is 57.8 Å². The Hall–Kier alpha value is -1.88. The van der Waals surface area contributed by atoms with Gasteiger partial charge in [0.05, 0.1) is 12.7 Å². The maximum atomic E-state index is 12.7. The standard InChI is InChI=1S/C16H15BrN2O2/c1-21-14-9-13(17)8-12-4-7-19(16(20)15(12)14)10-11-2-5-18-6-3-11/h2-3,5-6,8-9H,4,7,10H2,1H3. The van der Waals surface area contributed by atoms with Crippen molar-refractivity contribution in [1.82, 2.24) is 9.88 Å². The zero-order chi connectivity index (χ0) is 14.8. The van der Waals surface area contributed by atoms with E-state index >= 15 is 0 Å². The molecule has 1 aromatic carbocycles. The maximum Gasteiger partial charge on any atom is 0.258 e. The lowest BCUT2D eigenvalue weighted by molar-refractivity contribution is 0.0723. The van der Waals surface area contributed by atoms with Gasteiger partial charge in [-0.25, -0.2) is 0 Å². The van der Waals surface area contributed by atoms with Gasteiger partial charge >= 0.3 is 0 Å². The molecular weight excluding hydrogens is 332 g/mol. The molecule has 0 fully saturated rings. The molecule has 0 N–H and O–H groups in total. The third kappa shape index (κ3) is 2.78. The molecule has 0 radical (unpaired) electrons. The molecule has 108 valence electrons. The first-order valence-electron chi connectivity index (χ1n) is 6.73. The largest absolute Gasteiger partial charge is 0.496 e. The van der Waals surface area contributed by atoms with Gasteiger partial charge in [-0.15, -0.1) is 0 Å². The lowest BCUT2D eigenvalue weighted by Crippen LogP contribution is -2.37. The van der Waals surface area contributed by atoms with Crippen molar-refractivity contribution >= 4 is 21.8 Å². The van der Waals surface area contributed by atoms with Gasteiger partial charge in [0.1, 0.15) is 5.75 Å². The fourth-order valence-electron chi connectivity index (χ4n) is 2.61. The molecule has 0 unspecified atom stereocenters. The smallest absolute Gasteiger partial charge is 0.258 e. The molecule has 0 saturated heterocycles. The predicted octanol–water partition coefficient (Wildman–Crippen LogP) is 3.05. The van der Waals surface area contributed by atoms with Crippen LogP contribution in [0.3, 0.4) is 0 Å². The first kappa shape index (κ1) is 14.1. The van der Waals surface area contributed by atoms with Crippen molar-refractivity contribution in [2.45, 2.75) is 13.0 Å². The number of amides is 1. The summed E-state index contributed by atoms with van der Waals surface area (Å²) in [6.45, 7) is 1.31. The molecule has 1 amide bonds. The third-order valence-electron chi connectivity index (χ3n) is 3.64. The number of hydrogen-bond donors (Lipinski definition) is 0. The van der Waals surface area contributed by atoms with E-state index in [1.54, 1.807) is 19.5 Å². The van der Waals surface area contributed by atoms with Crippen LogP contribution in [-0.4, -0.2) is 29.4 Å². The van der Waals surface area contributed by atoms with Gasteiger partial charge in [-0.1, -0.05) is 15.9 Å². The SMILES string of the molecule is COc1cc(Br)cc2c1C(=O)N(Cc1ccncc1)CC2. The number of rotatable bonds is 3. The van der Waals surface area contributed by atoms with E-state index in [4.69, 9.17) is 4.74 Å². The minimum absolute atomic E-state index is 0.0254. The van der Waals surface area contributed by atoms with E-state index in [9.17, 15) is 4.79 Å². The van der Waals surface area contributed by atoms with Gasteiger partial charge in [-0.2, -0.15) is 0 Å². The Morgan fingerprint density at radius 1 is 1.33 bits per heavy atom. The van der Waals surface area contributed by atoms with Crippen LogP contribution >= 0.6 is 15.9 Å². The summed E-state index contributed by atoms with van der Waals surface area (Å²) in [6.07, 6.45) is 4.33. The third-order valence-corrected chi connectivity index (χ3v) is 4.10. The minimum Gasteiger partial charge on any atom is -0.496 e. The summed E-state index contributed by atoms with van der Waals surface area (Å²) in [5.41, 5.74) is 2.80. The molecule has 3 rings (SSSR count). The number of nitrogens with zero attached hydrogens (tertiary/aromatic N) is 2. The fraction of sp³-hybridized carbons (Fsp3) is 0.250. The summed E-state index contributed by atoms with van der Waals surface area (Å²) in [5.74, 6) is 0.654. The molecule has 5 heteroatoms. The van der Waals surface area contributed by atoms with Crippen molar-refractivity contribution < 1.29 is 9.53 Å². The van der Waals surface area contributed by atoms with Crippen molar-refractivity contribution in [1.29, 1.82) is 0 Å². The number of ether oxygens (including phenoxy) is 1. The van der Waals surface area contributed by atoms with Crippen molar-refractivity contribution in [2.24, 2.45) is 0 Å². The summed E-state index contributed by atoms with van der Waals surface area (Å²) in [5, 5.41) is 0. The lowest BCUT2D eigenvalue weighted by Gasteiger charge is -2.29. The first-order valence-corrected chi connectivity index (χ1v) is 7.53. The molecule has 0 aliphatic carbocycles. The first-order chi connectivity index (χ1) is 10.2. The molecule has 1 aliphatic heterocycles.